The lowest BCUT2D eigenvalue weighted by atomic mass is 9.90. The molecule has 0 aliphatic rings. The van der Waals surface area contributed by atoms with Gasteiger partial charge in [0.25, 0.3) is 0 Å². The Morgan fingerprint density at radius 1 is 1.60 bits per heavy atom. The molecule has 0 aliphatic heterocycles. The maximum Gasteiger partial charge on any atom is 0.306 e. The van der Waals surface area contributed by atoms with Crippen LogP contribution < -0.4 is 5.46 Å². The van der Waals surface area contributed by atoms with E-state index in [0.717, 1.165) is 0 Å². The van der Waals surface area contributed by atoms with Crippen molar-refractivity contribution in [2.45, 2.75) is 0 Å². The number of carbonyl (C=O) groups is 1. The van der Waals surface area contributed by atoms with E-state index in [1.165, 1.54) is 12.4 Å². The zero-order valence-electron chi connectivity index (χ0n) is 5.32. The average Bonchev–Trinajstić information content (AvgIpc) is 2.05. The van der Waals surface area contributed by atoms with E-state index >= 15 is 0 Å². The van der Waals surface area contributed by atoms with Gasteiger partial charge in [-0.1, -0.05) is 6.07 Å². The number of hydrogen-bond donors (Lipinski definition) is 1. The Morgan fingerprint density at radius 2 is 2.40 bits per heavy atom. The molecule has 3 nitrogen and oxygen atoms in total. The van der Waals surface area contributed by atoms with Crippen LogP contribution in [0.15, 0.2) is 18.5 Å². The van der Waals surface area contributed by atoms with Gasteiger partial charge in [-0.25, -0.2) is 0 Å². The Bertz CT molecular complexity index is 239. The molecule has 0 aromatic carbocycles. The van der Waals surface area contributed by atoms with Gasteiger partial charge in [-0.2, -0.15) is 0 Å². The van der Waals surface area contributed by atoms with Crippen molar-refractivity contribution in [3.05, 3.63) is 24.0 Å². The quantitative estimate of drug-likeness (QED) is 0.412. The summed E-state index contributed by atoms with van der Waals surface area (Å²) in [7, 11) is -0.0747. The summed E-state index contributed by atoms with van der Waals surface area (Å²) in [6.45, 7) is 0. The number of aromatic nitrogens is 1. The first-order valence-corrected chi connectivity index (χ1v) is 2.87. The van der Waals surface area contributed by atoms with E-state index in [-0.39, 0.29) is 7.48 Å². The lowest BCUT2D eigenvalue weighted by Crippen LogP contribution is -2.14. The van der Waals surface area contributed by atoms with Gasteiger partial charge in [0, 0.05) is 18.0 Å². The zero-order chi connectivity index (χ0) is 7.40. The second-order valence-electron chi connectivity index (χ2n) is 1.90. The molecule has 4 heteroatoms. The van der Waals surface area contributed by atoms with Crippen LogP contribution in [0.5, 0.6) is 0 Å². The van der Waals surface area contributed by atoms with Crippen molar-refractivity contribution in [2.24, 2.45) is 0 Å². The predicted octanol–water partition coefficient (Wildman–Crippen LogP) is -1.14. The van der Waals surface area contributed by atoms with Crippen molar-refractivity contribution in [3.8, 4) is 0 Å². The minimum Gasteiger partial charge on any atom is -0.449 e. The summed E-state index contributed by atoms with van der Waals surface area (Å²) >= 11 is 0. The van der Waals surface area contributed by atoms with E-state index in [2.05, 4.69) is 4.98 Å². The molecule has 0 saturated carbocycles. The van der Waals surface area contributed by atoms with Gasteiger partial charge in [-0.3, -0.25) is 9.78 Å². The number of rotatable bonds is 2. The molecule has 0 spiro atoms. The number of nitrogens with zero attached hydrogens (tertiary/aromatic N) is 1. The molecule has 1 N–H and O–H groups in total. The minimum absolute atomic E-state index is 0.0747. The van der Waals surface area contributed by atoms with Gasteiger partial charge in [0.05, 0.1) is 0 Å². The third-order valence-corrected chi connectivity index (χ3v) is 1.13. The third kappa shape index (κ3) is 1.42. The molecule has 0 radical (unpaired) electrons. The molecular weight excluding hydrogens is 129 g/mol. The van der Waals surface area contributed by atoms with Gasteiger partial charge < -0.3 is 5.02 Å². The lowest BCUT2D eigenvalue weighted by Gasteiger charge is -1.91. The Balaban J connectivity index is 2.98. The van der Waals surface area contributed by atoms with E-state index in [9.17, 15) is 4.79 Å². The maximum absolute atomic E-state index is 10.2. The van der Waals surface area contributed by atoms with Gasteiger partial charge in [0.1, 0.15) is 0 Å². The molecule has 0 bridgehead atoms. The fourth-order valence-electron chi connectivity index (χ4n) is 0.659. The van der Waals surface area contributed by atoms with Crippen LogP contribution in [0, 0.1) is 0 Å². The molecular formula is C6H6BNO2. The number of hydrogen-bond acceptors (Lipinski definition) is 3. The average molecular weight is 135 g/mol. The second kappa shape index (κ2) is 3.13. The molecule has 0 atom stereocenters. The molecule has 0 saturated heterocycles. The first kappa shape index (κ1) is 6.96. The molecule has 1 heterocycles. The zero-order valence-corrected chi connectivity index (χ0v) is 5.32. The van der Waals surface area contributed by atoms with E-state index in [1.807, 2.05) is 0 Å². The molecule has 1 aromatic heterocycles. The van der Waals surface area contributed by atoms with Gasteiger partial charge in [-0.15, -0.1) is 0 Å². The summed E-state index contributed by atoms with van der Waals surface area (Å²) < 4.78 is 0. The Hall–Kier alpha value is -1.16. The first-order valence-electron chi connectivity index (χ1n) is 2.87. The van der Waals surface area contributed by atoms with Crippen LogP contribution in [0.25, 0.3) is 0 Å². The fraction of sp³-hybridized carbons (Fsp3) is 0. The minimum atomic E-state index is -0.0747. The van der Waals surface area contributed by atoms with E-state index in [4.69, 9.17) is 5.02 Å². The standard InChI is InChI=1S/C6H6BNO2/c9-4-5-1-6(7-10)3-8-2-5/h1-4,7,10H. The Labute approximate surface area is 59.0 Å². The summed E-state index contributed by atoms with van der Waals surface area (Å²) in [5.41, 5.74) is 1.15. The molecule has 10 heavy (non-hydrogen) atoms. The van der Waals surface area contributed by atoms with Gasteiger partial charge in [0.2, 0.25) is 0 Å². The van der Waals surface area contributed by atoms with Crippen LogP contribution in [0.1, 0.15) is 10.4 Å². The number of carbonyl (C=O) groups excluding carboxylic acids is 1. The lowest BCUT2D eigenvalue weighted by molar-refractivity contribution is 0.112. The second-order valence-corrected chi connectivity index (χ2v) is 1.90. The number of aldehydes is 1. The van der Waals surface area contributed by atoms with E-state index in [1.54, 1.807) is 6.07 Å². The van der Waals surface area contributed by atoms with Gasteiger partial charge >= 0.3 is 7.48 Å². The van der Waals surface area contributed by atoms with Crippen LogP contribution in [-0.4, -0.2) is 23.8 Å². The van der Waals surface area contributed by atoms with Crippen molar-refractivity contribution in [1.82, 2.24) is 4.98 Å². The molecule has 1 aromatic rings. The summed E-state index contributed by atoms with van der Waals surface area (Å²) in [4.78, 5) is 13.9. The van der Waals surface area contributed by atoms with Gasteiger partial charge in [0.15, 0.2) is 6.29 Å². The highest BCUT2D eigenvalue weighted by Gasteiger charge is 1.94. The topological polar surface area (TPSA) is 50.2 Å². The van der Waals surface area contributed by atoms with Crippen LogP contribution >= 0.6 is 0 Å². The highest BCUT2D eigenvalue weighted by molar-refractivity contribution is 6.45. The molecule has 0 unspecified atom stereocenters. The Kier molecular flexibility index (Phi) is 2.17. The van der Waals surface area contributed by atoms with Crippen LogP contribution in [0.2, 0.25) is 0 Å². The molecule has 0 fully saturated rings. The van der Waals surface area contributed by atoms with Gasteiger partial charge in [-0.05, 0) is 5.46 Å². The van der Waals surface area contributed by atoms with Crippen LogP contribution in [0.4, 0.5) is 0 Å². The highest BCUT2D eigenvalue weighted by Crippen LogP contribution is 1.86. The largest absolute Gasteiger partial charge is 0.449 e. The normalized spacial score (nSPS) is 8.90. The summed E-state index contributed by atoms with van der Waals surface area (Å²) in [6.07, 6.45) is 3.67. The fourth-order valence-corrected chi connectivity index (χ4v) is 0.659. The maximum atomic E-state index is 10.2. The van der Waals surface area contributed by atoms with Crippen molar-refractivity contribution in [3.63, 3.8) is 0 Å². The first-order chi connectivity index (χ1) is 4.86. The predicted molar refractivity (Wildman–Crippen MR) is 38.6 cm³/mol. The Morgan fingerprint density at radius 3 is 3.00 bits per heavy atom. The van der Waals surface area contributed by atoms with Crippen molar-refractivity contribution in [1.29, 1.82) is 0 Å². The van der Waals surface area contributed by atoms with E-state index in [0.29, 0.717) is 17.3 Å². The van der Waals surface area contributed by atoms with E-state index < -0.39 is 0 Å². The smallest absolute Gasteiger partial charge is 0.306 e. The number of pyridine rings is 1. The molecule has 0 aliphatic carbocycles. The van der Waals surface area contributed by atoms with Crippen LogP contribution in [0.3, 0.4) is 0 Å². The molecule has 1 rings (SSSR count). The summed E-state index contributed by atoms with van der Waals surface area (Å²) in [5, 5.41) is 8.60. The molecule has 0 amide bonds. The third-order valence-electron chi connectivity index (χ3n) is 1.13. The van der Waals surface area contributed by atoms with Crippen LogP contribution in [-0.2, 0) is 0 Å². The summed E-state index contributed by atoms with van der Waals surface area (Å²) in [6, 6.07) is 1.60. The van der Waals surface area contributed by atoms with Crippen molar-refractivity contribution >= 4 is 19.2 Å². The molecule has 50 valence electrons. The monoisotopic (exact) mass is 135 g/mol. The summed E-state index contributed by atoms with van der Waals surface area (Å²) in [5.74, 6) is 0. The van der Waals surface area contributed by atoms with Crippen molar-refractivity contribution in [2.75, 3.05) is 0 Å². The SMILES string of the molecule is O=Cc1cncc(BO)c1. The van der Waals surface area contributed by atoms with Crippen molar-refractivity contribution < 1.29 is 9.82 Å². The highest BCUT2D eigenvalue weighted by atomic mass is 16.2.